The molecule has 0 aromatic rings. The summed E-state index contributed by atoms with van der Waals surface area (Å²) in [5.41, 5.74) is 11.6. The van der Waals surface area contributed by atoms with Gasteiger partial charge >= 0.3 is 0 Å². The molecule has 0 saturated heterocycles. The maximum absolute atomic E-state index is 12.3. The molecular formula is C15H31N3O. The highest BCUT2D eigenvalue weighted by Gasteiger charge is 2.35. The number of rotatable bonds is 7. The number of hydrogen-bond donors (Lipinski definition) is 3. The second-order valence-corrected chi connectivity index (χ2v) is 6.18. The Morgan fingerprint density at radius 2 is 1.74 bits per heavy atom. The van der Waals surface area contributed by atoms with Crippen LogP contribution in [0.15, 0.2) is 0 Å². The predicted octanol–water partition coefficient (Wildman–Crippen LogP) is 1.92. The van der Waals surface area contributed by atoms with Crippen LogP contribution in [0, 0.1) is 5.41 Å². The topological polar surface area (TPSA) is 81.1 Å². The van der Waals surface area contributed by atoms with Crippen LogP contribution in [0.5, 0.6) is 0 Å². The fourth-order valence-electron chi connectivity index (χ4n) is 3.20. The van der Waals surface area contributed by atoms with E-state index in [1.807, 2.05) is 0 Å². The fourth-order valence-corrected chi connectivity index (χ4v) is 3.20. The predicted molar refractivity (Wildman–Crippen MR) is 79.7 cm³/mol. The van der Waals surface area contributed by atoms with Gasteiger partial charge in [-0.25, -0.2) is 0 Å². The summed E-state index contributed by atoms with van der Waals surface area (Å²) < 4.78 is 0. The number of nitrogens with two attached hydrogens (primary N) is 2. The summed E-state index contributed by atoms with van der Waals surface area (Å²) in [5, 5.41) is 3.17. The van der Waals surface area contributed by atoms with Crippen LogP contribution in [-0.4, -0.2) is 24.5 Å². The van der Waals surface area contributed by atoms with E-state index in [4.69, 9.17) is 11.5 Å². The lowest BCUT2D eigenvalue weighted by molar-refractivity contribution is -0.125. The average molecular weight is 269 g/mol. The van der Waals surface area contributed by atoms with Crippen molar-refractivity contribution in [3.8, 4) is 0 Å². The smallest absolute Gasteiger partial charge is 0.221 e. The van der Waals surface area contributed by atoms with Gasteiger partial charge in [-0.05, 0) is 37.6 Å². The third-order valence-electron chi connectivity index (χ3n) is 5.03. The maximum Gasteiger partial charge on any atom is 0.221 e. The molecule has 0 bridgehead atoms. The summed E-state index contributed by atoms with van der Waals surface area (Å²) in [7, 11) is 0. The van der Waals surface area contributed by atoms with Crippen molar-refractivity contribution < 1.29 is 4.79 Å². The van der Waals surface area contributed by atoms with E-state index in [2.05, 4.69) is 19.2 Å². The van der Waals surface area contributed by atoms with Crippen molar-refractivity contribution in [1.82, 2.24) is 5.32 Å². The third-order valence-corrected chi connectivity index (χ3v) is 5.03. The summed E-state index contributed by atoms with van der Waals surface area (Å²) in [4.78, 5) is 12.3. The van der Waals surface area contributed by atoms with Crippen LogP contribution in [0.2, 0.25) is 0 Å². The lowest BCUT2D eigenvalue weighted by Gasteiger charge is -2.38. The molecule has 0 heterocycles. The zero-order valence-electron chi connectivity index (χ0n) is 12.6. The molecule has 0 radical (unpaired) electrons. The molecule has 1 aliphatic carbocycles. The summed E-state index contributed by atoms with van der Waals surface area (Å²) in [6, 6.07) is 0. The van der Waals surface area contributed by atoms with E-state index in [0.717, 1.165) is 25.7 Å². The largest absolute Gasteiger partial charge is 0.349 e. The first kappa shape index (κ1) is 16.4. The minimum absolute atomic E-state index is 0.0319. The highest BCUT2D eigenvalue weighted by Crippen LogP contribution is 2.38. The Hall–Kier alpha value is -0.610. The molecule has 0 aromatic heterocycles. The van der Waals surface area contributed by atoms with Crippen LogP contribution in [0.25, 0.3) is 0 Å². The third kappa shape index (κ3) is 4.18. The maximum atomic E-state index is 12.3. The number of amides is 1. The molecule has 19 heavy (non-hydrogen) atoms. The minimum Gasteiger partial charge on any atom is -0.349 e. The van der Waals surface area contributed by atoms with E-state index >= 15 is 0 Å². The van der Waals surface area contributed by atoms with E-state index in [-0.39, 0.29) is 16.9 Å². The molecule has 5 N–H and O–H groups in total. The van der Waals surface area contributed by atoms with Crippen LogP contribution in [0.1, 0.15) is 65.2 Å². The first-order chi connectivity index (χ1) is 9.05. The van der Waals surface area contributed by atoms with E-state index in [1.165, 1.54) is 19.3 Å². The molecular weight excluding hydrogens is 238 g/mol. The molecule has 1 amide bonds. The van der Waals surface area contributed by atoms with Crippen LogP contribution in [0.3, 0.4) is 0 Å². The Morgan fingerprint density at radius 3 is 2.16 bits per heavy atom. The molecule has 1 aliphatic rings. The highest BCUT2D eigenvalue weighted by atomic mass is 16.1. The molecule has 0 aromatic carbocycles. The van der Waals surface area contributed by atoms with Gasteiger partial charge in [0.05, 0.1) is 5.54 Å². The summed E-state index contributed by atoms with van der Waals surface area (Å²) in [5.74, 6) is 0.126. The van der Waals surface area contributed by atoms with Gasteiger partial charge in [0, 0.05) is 13.0 Å². The SMILES string of the molecule is CCC(CC)(CN)NC(=O)CC1(CN)CCCCC1. The van der Waals surface area contributed by atoms with Gasteiger partial charge in [-0.15, -0.1) is 0 Å². The Labute approximate surface area is 117 Å². The number of carbonyl (C=O) groups is 1. The van der Waals surface area contributed by atoms with Crippen molar-refractivity contribution in [1.29, 1.82) is 0 Å². The summed E-state index contributed by atoms with van der Waals surface area (Å²) in [6.07, 6.45) is 8.17. The first-order valence-electron chi connectivity index (χ1n) is 7.76. The van der Waals surface area contributed by atoms with Gasteiger partial charge in [0.2, 0.25) is 5.91 Å². The van der Waals surface area contributed by atoms with Crippen molar-refractivity contribution in [2.75, 3.05) is 13.1 Å². The standard InChI is InChI=1S/C15H31N3O/c1-3-15(4-2,12-17)18-13(19)10-14(11-16)8-6-5-7-9-14/h3-12,16-17H2,1-2H3,(H,18,19). The normalized spacial score (nSPS) is 19.2. The highest BCUT2D eigenvalue weighted by molar-refractivity contribution is 5.77. The van der Waals surface area contributed by atoms with Gasteiger partial charge in [0.1, 0.15) is 0 Å². The number of hydrogen-bond acceptors (Lipinski definition) is 3. The Balaban J connectivity index is 2.62. The van der Waals surface area contributed by atoms with Crippen LogP contribution in [-0.2, 0) is 4.79 Å². The van der Waals surface area contributed by atoms with Gasteiger partial charge in [-0.2, -0.15) is 0 Å². The monoisotopic (exact) mass is 269 g/mol. The summed E-state index contributed by atoms with van der Waals surface area (Å²) >= 11 is 0. The average Bonchev–Trinajstić information content (AvgIpc) is 2.46. The second kappa shape index (κ2) is 7.25. The zero-order valence-corrected chi connectivity index (χ0v) is 12.6. The van der Waals surface area contributed by atoms with Gasteiger partial charge in [0.15, 0.2) is 0 Å². The number of nitrogens with one attached hydrogen (secondary N) is 1. The molecule has 0 atom stereocenters. The molecule has 1 rings (SSSR count). The molecule has 1 saturated carbocycles. The van der Waals surface area contributed by atoms with Crippen molar-refractivity contribution in [3.63, 3.8) is 0 Å². The van der Waals surface area contributed by atoms with Gasteiger partial charge in [-0.3, -0.25) is 4.79 Å². The van der Waals surface area contributed by atoms with E-state index in [9.17, 15) is 4.79 Å². The van der Waals surface area contributed by atoms with Crippen molar-refractivity contribution in [3.05, 3.63) is 0 Å². The van der Waals surface area contributed by atoms with Crippen LogP contribution in [0.4, 0.5) is 0 Å². The van der Waals surface area contributed by atoms with Crippen LogP contribution < -0.4 is 16.8 Å². The Bertz CT molecular complexity index is 273. The molecule has 4 nitrogen and oxygen atoms in total. The molecule has 0 aliphatic heterocycles. The van der Waals surface area contributed by atoms with E-state index in [0.29, 0.717) is 19.5 Å². The van der Waals surface area contributed by atoms with Crippen molar-refractivity contribution >= 4 is 5.91 Å². The van der Waals surface area contributed by atoms with E-state index in [1.54, 1.807) is 0 Å². The Kier molecular flexibility index (Phi) is 6.27. The molecule has 0 unspecified atom stereocenters. The lowest BCUT2D eigenvalue weighted by atomic mass is 9.71. The second-order valence-electron chi connectivity index (χ2n) is 6.18. The van der Waals surface area contributed by atoms with Gasteiger partial charge in [-0.1, -0.05) is 33.1 Å². The first-order valence-corrected chi connectivity index (χ1v) is 7.76. The molecule has 0 spiro atoms. The quantitative estimate of drug-likeness (QED) is 0.660. The van der Waals surface area contributed by atoms with Crippen molar-refractivity contribution in [2.24, 2.45) is 16.9 Å². The molecule has 1 fully saturated rings. The molecule has 112 valence electrons. The Morgan fingerprint density at radius 1 is 1.16 bits per heavy atom. The summed E-state index contributed by atoms with van der Waals surface area (Å²) in [6.45, 7) is 5.28. The van der Waals surface area contributed by atoms with Gasteiger partial charge < -0.3 is 16.8 Å². The number of carbonyl (C=O) groups excluding carboxylic acids is 1. The van der Waals surface area contributed by atoms with Crippen LogP contribution >= 0.6 is 0 Å². The fraction of sp³-hybridized carbons (Fsp3) is 0.933. The lowest BCUT2D eigenvalue weighted by Crippen LogP contribution is -2.54. The van der Waals surface area contributed by atoms with Gasteiger partial charge in [0.25, 0.3) is 0 Å². The zero-order chi connectivity index (χ0) is 14.4. The van der Waals surface area contributed by atoms with Crippen molar-refractivity contribution in [2.45, 2.75) is 70.8 Å². The van der Waals surface area contributed by atoms with E-state index < -0.39 is 0 Å². The molecule has 4 heteroatoms. The minimum atomic E-state index is -0.235.